The van der Waals surface area contributed by atoms with E-state index in [1.54, 1.807) is 50.4 Å². The lowest BCUT2D eigenvalue weighted by Gasteiger charge is -2.10. The molecule has 19 heavy (non-hydrogen) atoms. The molecule has 0 spiro atoms. The zero-order valence-corrected chi connectivity index (χ0v) is 11.0. The Labute approximate surface area is 111 Å². The number of imidazole rings is 1. The molecule has 1 aromatic carbocycles. The number of aromatic nitrogens is 2. The third-order valence-electron chi connectivity index (χ3n) is 2.69. The van der Waals surface area contributed by atoms with Gasteiger partial charge in [-0.1, -0.05) is 0 Å². The number of carbonyl (C=O) groups excluding carboxylic acids is 1. The average Bonchev–Trinajstić information content (AvgIpc) is 2.85. The van der Waals surface area contributed by atoms with Crippen LogP contribution < -0.4 is 14.8 Å². The molecule has 1 amide bonds. The molecule has 2 rings (SSSR count). The second-order valence-corrected chi connectivity index (χ2v) is 3.91. The topological polar surface area (TPSA) is 65.4 Å². The Bertz CT molecular complexity index is 593. The largest absolute Gasteiger partial charge is 0.493 e. The summed E-state index contributed by atoms with van der Waals surface area (Å²) in [5.41, 5.74) is 1.11. The van der Waals surface area contributed by atoms with E-state index in [9.17, 15) is 4.79 Å². The summed E-state index contributed by atoms with van der Waals surface area (Å²) in [4.78, 5) is 15.9. The number of nitrogens with zero attached hydrogens (tertiary/aromatic N) is 2. The number of amides is 1. The van der Waals surface area contributed by atoms with Gasteiger partial charge in [-0.25, -0.2) is 4.98 Å². The lowest BCUT2D eigenvalue weighted by atomic mass is 10.2. The van der Waals surface area contributed by atoms with Crippen LogP contribution in [0.4, 0.5) is 5.69 Å². The van der Waals surface area contributed by atoms with Crippen molar-refractivity contribution in [1.29, 1.82) is 0 Å². The molecule has 1 heterocycles. The number of carbonyl (C=O) groups is 1. The molecule has 1 aromatic heterocycles. The Balaban J connectivity index is 2.20. The van der Waals surface area contributed by atoms with E-state index in [-0.39, 0.29) is 5.91 Å². The van der Waals surface area contributed by atoms with Crippen molar-refractivity contribution in [2.75, 3.05) is 19.5 Å². The highest BCUT2D eigenvalue weighted by Crippen LogP contribution is 2.29. The molecule has 1 N–H and O–H groups in total. The zero-order valence-electron chi connectivity index (χ0n) is 11.0. The van der Waals surface area contributed by atoms with Gasteiger partial charge in [0.05, 0.1) is 26.7 Å². The minimum atomic E-state index is -0.229. The predicted molar refractivity (Wildman–Crippen MR) is 70.7 cm³/mol. The van der Waals surface area contributed by atoms with Gasteiger partial charge in [0.25, 0.3) is 5.91 Å². The summed E-state index contributed by atoms with van der Waals surface area (Å²) in [5, 5.41) is 2.78. The fourth-order valence-electron chi connectivity index (χ4n) is 1.69. The normalized spacial score (nSPS) is 10.1. The van der Waals surface area contributed by atoms with Crippen molar-refractivity contribution in [3.05, 3.63) is 36.4 Å². The lowest BCUT2D eigenvalue weighted by molar-refractivity contribution is 0.101. The van der Waals surface area contributed by atoms with Crippen LogP contribution in [0.25, 0.3) is 0 Å². The van der Waals surface area contributed by atoms with Gasteiger partial charge in [-0.3, -0.25) is 4.79 Å². The highest BCUT2D eigenvalue weighted by atomic mass is 16.5. The molecule has 0 aliphatic rings. The number of hydrogen-bond acceptors (Lipinski definition) is 4. The first kappa shape index (κ1) is 12.9. The average molecular weight is 261 g/mol. The summed E-state index contributed by atoms with van der Waals surface area (Å²) in [6, 6.07) is 5.18. The maximum absolute atomic E-state index is 12.0. The molecule has 2 aromatic rings. The standard InChI is InChI=1S/C13H15N3O3/c1-16-8-14-7-10(16)13(17)15-9-4-5-11(18-2)12(6-9)19-3/h4-8H,1-3H3,(H,15,17). The van der Waals surface area contributed by atoms with E-state index in [4.69, 9.17) is 9.47 Å². The molecule has 0 fully saturated rings. The zero-order chi connectivity index (χ0) is 13.8. The summed E-state index contributed by atoms with van der Waals surface area (Å²) in [7, 11) is 4.87. The summed E-state index contributed by atoms with van der Waals surface area (Å²) in [6.07, 6.45) is 3.08. The van der Waals surface area contributed by atoms with Crippen LogP contribution in [0.15, 0.2) is 30.7 Å². The van der Waals surface area contributed by atoms with E-state index in [2.05, 4.69) is 10.3 Å². The summed E-state index contributed by atoms with van der Waals surface area (Å²) < 4.78 is 12.0. The van der Waals surface area contributed by atoms with Crippen LogP contribution in [0.1, 0.15) is 10.5 Å². The van der Waals surface area contributed by atoms with E-state index < -0.39 is 0 Å². The van der Waals surface area contributed by atoms with Crippen molar-refractivity contribution in [3.63, 3.8) is 0 Å². The van der Waals surface area contributed by atoms with Gasteiger partial charge in [-0.2, -0.15) is 0 Å². The molecule has 6 nitrogen and oxygen atoms in total. The first-order valence-electron chi connectivity index (χ1n) is 5.65. The first-order chi connectivity index (χ1) is 9.15. The third kappa shape index (κ3) is 2.67. The second kappa shape index (κ2) is 5.43. The molecule has 0 aliphatic heterocycles. The van der Waals surface area contributed by atoms with Gasteiger partial charge in [-0.15, -0.1) is 0 Å². The molecule has 100 valence electrons. The van der Waals surface area contributed by atoms with Gasteiger partial charge in [-0.05, 0) is 12.1 Å². The van der Waals surface area contributed by atoms with Crippen molar-refractivity contribution in [2.24, 2.45) is 7.05 Å². The highest BCUT2D eigenvalue weighted by molar-refractivity contribution is 6.03. The van der Waals surface area contributed by atoms with Crippen molar-refractivity contribution in [1.82, 2.24) is 9.55 Å². The van der Waals surface area contributed by atoms with Crippen molar-refractivity contribution >= 4 is 11.6 Å². The summed E-state index contributed by atoms with van der Waals surface area (Å²) in [6.45, 7) is 0. The number of benzene rings is 1. The molecule has 0 unspecified atom stereocenters. The van der Waals surface area contributed by atoms with Crippen molar-refractivity contribution in [2.45, 2.75) is 0 Å². The molecule has 0 aliphatic carbocycles. The molecule has 0 bridgehead atoms. The van der Waals surface area contributed by atoms with Crippen molar-refractivity contribution in [3.8, 4) is 11.5 Å². The fourth-order valence-corrected chi connectivity index (χ4v) is 1.69. The molecule has 0 atom stereocenters. The molecular weight excluding hydrogens is 246 g/mol. The number of aryl methyl sites for hydroxylation is 1. The number of hydrogen-bond donors (Lipinski definition) is 1. The Morgan fingerprint density at radius 3 is 2.58 bits per heavy atom. The maximum atomic E-state index is 12.0. The van der Waals surface area contributed by atoms with Gasteiger partial charge < -0.3 is 19.4 Å². The number of methoxy groups -OCH3 is 2. The number of ether oxygens (including phenoxy) is 2. The first-order valence-corrected chi connectivity index (χ1v) is 5.65. The van der Waals surface area contributed by atoms with Crippen LogP contribution in [-0.2, 0) is 7.05 Å². The van der Waals surface area contributed by atoms with E-state index in [0.29, 0.717) is 22.9 Å². The molecule has 0 radical (unpaired) electrons. The van der Waals surface area contributed by atoms with Gasteiger partial charge in [0.2, 0.25) is 0 Å². The molecular formula is C13H15N3O3. The van der Waals surface area contributed by atoms with Crippen LogP contribution in [0, 0.1) is 0 Å². The number of nitrogens with one attached hydrogen (secondary N) is 1. The lowest BCUT2D eigenvalue weighted by Crippen LogP contribution is -2.15. The number of rotatable bonds is 4. The monoisotopic (exact) mass is 261 g/mol. The van der Waals surface area contributed by atoms with Gasteiger partial charge in [0.1, 0.15) is 5.69 Å². The third-order valence-corrected chi connectivity index (χ3v) is 2.69. The predicted octanol–water partition coefficient (Wildman–Crippen LogP) is 1.69. The van der Waals surface area contributed by atoms with E-state index in [1.807, 2.05) is 0 Å². The van der Waals surface area contributed by atoms with E-state index in [0.717, 1.165) is 0 Å². The quantitative estimate of drug-likeness (QED) is 0.909. The van der Waals surface area contributed by atoms with Gasteiger partial charge in [0, 0.05) is 18.8 Å². The Kier molecular flexibility index (Phi) is 3.70. The molecule has 6 heteroatoms. The van der Waals surface area contributed by atoms with E-state index >= 15 is 0 Å². The van der Waals surface area contributed by atoms with Crippen LogP contribution in [0.2, 0.25) is 0 Å². The van der Waals surface area contributed by atoms with Crippen LogP contribution >= 0.6 is 0 Å². The summed E-state index contributed by atoms with van der Waals surface area (Å²) in [5.74, 6) is 0.943. The SMILES string of the molecule is COc1ccc(NC(=O)c2cncn2C)cc1OC. The second-order valence-electron chi connectivity index (χ2n) is 3.91. The minimum absolute atomic E-state index is 0.229. The Morgan fingerprint density at radius 2 is 2.00 bits per heavy atom. The molecule has 0 saturated carbocycles. The van der Waals surface area contributed by atoms with Gasteiger partial charge >= 0.3 is 0 Å². The Morgan fingerprint density at radius 1 is 1.26 bits per heavy atom. The maximum Gasteiger partial charge on any atom is 0.273 e. The summed E-state index contributed by atoms with van der Waals surface area (Å²) >= 11 is 0. The Hall–Kier alpha value is -2.50. The number of anilines is 1. The van der Waals surface area contributed by atoms with Crippen LogP contribution in [0.5, 0.6) is 11.5 Å². The van der Waals surface area contributed by atoms with E-state index in [1.165, 1.54) is 6.20 Å². The van der Waals surface area contributed by atoms with Crippen LogP contribution in [-0.4, -0.2) is 29.7 Å². The van der Waals surface area contributed by atoms with Crippen LogP contribution in [0.3, 0.4) is 0 Å². The molecule has 0 saturated heterocycles. The minimum Gasteiger partial charge on any atom is -0.493 e. The van der Waals surface area contributed by atoms with Crippen molar-refractivity contribution < 1.29 is 14.3 Å². The highest BCUT2D eigenvalue weighted by Gasteiger charge is 2.11. The smallest absolute Gasteiger partial charge is 0.273 e. The van der Waals surface area contributed by atoms with Gasteiger partial charge in [0.15, 0.2) is 11.5 Å². The fraction of sp³-hybridized carbons (Fsp3) is 0.231.